The van der Waals surface area contributed by atoms with Gasteiger partial charge in [0.1, 0.15) is 0 Å². The van der Waals surface area contributed by atoms with Crippen LogP contribution in [0.4, 0.5) is 0 Å². The highest BCUT2D eigenvalue weighted by molar-refractivity contribution is 5.37. The lowest BCUT2D eigenvalue weighted by atomic mass is 10.0. The lowest BCUT2D eigenvalue weighted by molar-refractivity contribution is 0.282. The molecule has 0 spiro atoms. The third-order valence-corrected chi connectivity index (χ3v) is 2.79. The Morgan fingerprint density at radius 1 is 1.12 bits per heavy atom. The van der Waals surface area contributed by atoms with E-state index >= 15 is 0 Å². The van der Waals surface area contributed by atoms with E-state index in [1.165, 1.54) is 5.56 Å². The number of aliphatic hydroxyl groups excluding tert-OH is 1. The second kappa shape index (κ2) is 4.54. The molecule has 0 fully saturated rings. The third-order valence-electron chi connectivity index (χ3n) is 2.79. The molecule has 0 saturated carbocycles. The van der Waals surface area contributed by atoms with Gasteiger partial charge in [-0.25, -0.2) is 0 Å². The largest absolute Gasteiger partial charge is 0.392 e. The molecule has 0 radical (unpaired) electrons. The molecule has 0 unspecified atom stereocenters. The fourth-order valence-electron chi connectivity index (χ4n) is 1.73. The van der Waals surface area contributed by atoms with Crippen LogP contribution in [0.5, 0.6) is 0 Å². The van der Waals surface area contributed by atoms with Crippen molar-refractivity contribution < 1.29 is 5.11 Å². The van der Waals surface area contributed by atoms with Gasteiger partial charge in [-0.3, -0.25) is 0 Å². The third kappa shape index (κ3) is 2.17. The van der Waals surface area contributed by atoms with Gasteiger partial charge >= 0.3 is 0 Å². The molecule has 0 aliphatic rings. The summed E-state index contributed by atoms with van der Waals surface area (Å²) in [5, 5.41) is 9.00. The van der Waals surface area contributed by atoms with Crippen molar-refractivity contribution in [2.75, 3.05) is 0 Å². The Labute approximate surface area is 96.2 Å². The highest BCUT2D eigenvalue weighted by atomic mass is 16.3. The van der Waals surface area contributed by atoms with Crippen molar-refractivity contribution in [3.05, 3.63) is 53.9 Å². The number of hydrogen-bond acceptors (Lipinski definition) is 1. The van der Waals surface area contributed by atoms with Crippen LogP contribution in [-0.2, 0) is 6.61 Å². The number of aliphatic hydroxyl groups is 1. The maximum Gasteiger partial charge on any atom is 0.0696 e. The smallest absolute Gasteiger partial charge is 0.0696 e. The molecule has 0 bridgehead atoms. The Hall–Kier alpha value is -1.54. The van der Waals surface area contributed by atoms with Gasteiger partial charge in [0, 0.05) is 18.1 Å². The summed E-state index contributed by atoms with van der Waals surface area (Å²) in [6, 6.07) is 10.4. The lowest BCUT2D eigenvalue weighted by Gasteiger charge is -2.07. The lowest BCUT2D eigenvalue weighted by Crippen LogP contribution is -1.92. The van der Waals surface area contributed by atoms with Crippen LogP contribution in [0, 0.1) is 0 Å². The Bertz CT molecular complexity index is 454. The summed E-state index contributed by atoms with van der Waals surface area (Å²) in [7, 11) is 0. The minimum atomic E-state index is 0.0943. The molecular weight excluding hydrogens is 198 g/mol. The van der Waals surface area contributed by atoms with Gasteiger partial charge in [-0.05, 0) is 35.2 Å². The van der Waals surface area contributed by atoms with Crippen molar-refractivity contribution in [2.24, 2.45) is 0 Å². The molecule has 0 saturated heterocycles. The molecular formula is C14H17NO. The summed E-state index contributed by atoms with van der Waals surface area (Å²) in [5.74, 6) is 0.562. The molecule has 1 aromatic heterocycles. The molecule has 2 heteroatoms. The van der Waals surface area contributed by atoms with Gasteiger partial charge in [0.25, 0.3) is 0 Å². The number of rotatable bonds is 3. The van der Waals surface area contributed by atoms with Crippen molar-refractivity contribution in [2.45, 2.75) is 26.4 Å². The highest BCUT2D eigenvalue weighted by Crippen LogP contribution is 2.17. The van der Waals surface area contributed by atoms with E-state index in [-0.39, 0.29) is 6.61 Å². The summed E-state index contributed by atoms with van der Waals surface area (Å²) in [5.41, 5.74) is 3.41. The van der Waals surface area contributed by atoms with Crippen molar-refractivity contribution in [1.82, 2.24) is 4.57 Å². The van der Waals surface area contributed by atoms with Crippen LogP contribution >= 0.6 is 0 Å². The first-order valence-electron chi connectivity index (χ1n) is 5.59. The summed E-state index contributed by atoms with van der Waals surface area (Å²) < 4.78 is 2.02. The maximum atomic E-state index is 9.00. The Balaban J connectivity index is 2.27. The quantitative estimate of drug-likeness (QED) is 0.836. The number of nitrogens with zero attached hydrogens (tertiary/aromatic N) is 1. The van der Waals surface area contributed by atoms with Crippen LogP contribution in [0.1, 0.15) is 30.9 Å². The SMILES string of the molecule is CC(C)c1ccc(-n2ccc(CO)c2)cc1. The van der Waals surface area contributed by atoms with Crippen LogP contribution in [0.25, 0.3) is 5.69 Å². The van der Waals surface area contributed by atoms with Crippen LogP contribution in [0.15, 0.2) is 42.7 Å². The zero-order valence-corrected chi connectivity index (χ0v) is 9.72. The summed E-state index contributed by atoms with van der Waals surface area (Å²) in [4.78, 5) is 0. The molecule has 0 aliphatic heterocycles. The van der Waals surface area contributed by atoms with E-state index in [1.807, 2.05) is 23.0 Å². The van der Waals surface area contributed by atoms with Gasteiger partial charge in [-0.1, -0.05) is 26.0 Å². The van der Waals surface area contributed by atoms with Crippen LogP contribution < -0.4 is 0 Å². The predicted octanol–water partition coefficient (Wildman–Crippen LogP) is 3.09. The van der Waals surface area contributed by atoms with E-state index in [0.29, 0.717) is 5.92 Å². The minimum Gasteiger partial charge on any atom is -0.392 e. The monoisotopic (exact) mass is 215 g/mol. The second-order valence-corrected chi connectivity index (χ2v) is 4.33. The van der Waals surface area contributed by atoms with E-state index < -0.39 is 0 Å². The maximum absolute atomic E-state index is 9.00. The van der Waals surface area contributed by atoms with Gasteiger partial charge < -0.3 is 9.67 Å². The molecule has 2 rings (SSSR count). The van der Waals surface area contributed by atoms with Crippen LogP contribution in [-0.4, -0.2) is 9.67 Å². The fourth-order valence-corrected chi connectivity index (χ4v) is 1.73. The summed E-state index contributed by atoms with van der Waals surface area (Å²) >= 11 is 0. The summed E-state index contributed by atoms with van der Waals surface area (Å²) in [6.45, 7) is 4.47. The normalized spacial score (nSPS) is 11.0. The van der Waals surface area contributed by atoms with Gasteiger partial charge in [0.2, 0.25) is 0 Å². The Morgan fingerprint density at radius 3 is 2.31 bits per heavy atom. The van der Waals surface area contributed by atoms with Gasteiger partial charge in [-0.15, -0.1) is 0 Å². The molecule has 0 atom stereocenters. The minimum absolute atomic E-state index is 0.0943. The second-order valence-electron chi connectivity index (χ2n) is 4.33. The van der Waals surface area contributed by atoms with Crippen LogP contribution in [0.3, 0.4) is 0 Å². The Kier molecular flexibility index (Phi) is 3.11. The molecule has 1 aromatic carbocycles. The first-order valence-corrected chi connectivity index (χ1v) is 5.59. The summed E-state index contributed by atoms with van der Waals surface area (Å²) in [6.07, 6.45) is 3.92. The average Bonchev–Trinajstić information content (AvgIpc) is 2.77. The number of aromatic nitrogens is 1. The van der Waals surface area contributed by atoms with Crippen molar-refractivity contribution in [3.63, 3.8) is 0 Å². The van der Waals surface area contributed by atoms with Gasteiger partial charge in [-0.2, -0.15) is 0 Å². The topological polar surface area (TPSA) is 25.2 Å². The molecule has 0 amide bonds. The van der Waals surface area contributed by atoms with Crippen molar-refractivity contribution in [3.8, 4) is 5.69 Å². The number of benzene rings is 1. The van der Waals surface area contributed by atoms with E-state index in [9.17, 15) is 0 Å². The van der Waals surface area contributed by atoms with Gasteiger partial charge in [0.05, 0.1) is 6.61 Å². The zero-order chi connectivity index (χ0) is 11.5. The van der Waals surface area contributed by atoms with E-state index in [1.54, 1.807) is 0 Å². The predicted molar refractivity (Wildman–Crippen MR) is 65.8 cm³/mol. The Morgan fingerprint density at radius 2 is 1.81 bits per heavy atom. The number of hydrogen-bond donors (Lipinski definition) is 1. The van der Waals surface area contributed by atoms with E-state index in [0.717, 1.165) is 11.3 Å². The van der Waals surface area contributed by atoms with Gasteiger partial charge in [0.15, 0.2) is 0 Å². The molecule has 0 aliphatic carbocycles. The van der Waals surface area contributed by atoms with E-state index in [4.69, 9.17) is 5.11 Å². The van der Waals surface area contributed by atoms with Crippen molar-refractivity contribution in [1.29, 1.82) is 0 Å². The molecule has 16 heavy (non-hydrogen) atoms. The molecule has 1 N–H and O–H groups in total. The molecule has 1 heterocycles. The molecule has 2 aromatic rings. The average molecular weight is 215 g/mol. The highest BCUT2D eigenvalue weighted by Gasteiger charge is 2.01. The zero-order valence-electron chi connectivity index (χ0n) is 9.72. The molecule has 84 valence electrons. The fraction of sp³-hybridized carbons (Fsp3) is 0.286. The standard InChI is InChI=1S/C14H17NO/c1-11(2)13-3-5-14(6-4-13)15-8-7-12(9-15)10-16/h3-9,11,16H,10H2,1-2H3. The molecule has 2 nitrogen and oxygen atoms in total. The first-order chi connectivity index (χ1) is 7.70. The van der Waals surface area contributed by atoms with Crippen LogP contribution in [0.2, 0.25) is 0 Å². The van der Waals surface area contributed by atoms with Crippen molar-refractivity contribution >= 4 is 0 Å². The van der Waals surface area contributed by atoms with E-state index in [2.05, 4.69) is 38.1 Å². The first kappa shape index (κ1) is 11.0.